The van der Waals surface area contributed by atoms with Crippen molar-refractivity contribution in [3.8, 4) is 0 Å². The standard InChI is InChI=1S/C12H22N4O3S/c1-15(11-3-7-19-8-4-11)20(17,18)12-9-14-16(10-12)6-2-5-13/h9-11H,2-8,13H2,1H3. The number of nitrogens with zero attached hydrogens (tertiary/aromatic N) is 3. The number of hydrogen-bond acceptors (Lipinski definition) is 5. The summed E-state index contributed by atoms with van der Waals surface area (Å²) in [5.41, 5.74) is 5.44. The van der Waals surface area contributed by atoms with Crippen LogP contribution in [0.3, 0.4) is 0 Å². The van der Waals surface area contributed by atoms with Gasteiger partial charge in [0.05, 0.1) is 6.20 Å². The second kappa shape index (κ2) is 6.66. The maximum Gasteiger partial charge on any atom is 0.246 e. The van der Waals surface area contributed by atoms with Crippen LogP contribution in [0.25, 0.3) is 0 Å². The molecule has 0 atom stereocenters. The number of aryl methyl sites for hydroxylation is 1. The molecule has 2 N–H and O–H groups in total. The zero-order valence-corrected chi connectivity index (χ0v) is 12.6. The summed E-state index contributed by atoms with van der Waals surface area (Å²) in [5.74, 6) is 0. The van der Waals surface area contributed by atoms with Crippen LogP contribution in [-0.2, 0) is 21.3 Å². The maximum atomic E-state index is 12.5. The van der Waals surface area contributed by atoms with Gasteiger partial charge in [0.1, 0.15) is 4.90 Å². The molecule has 0 saturated carbocycles. The zero-order valence-electron chi connectivity index (χ0n) is 11.7. The highest BCUT2D eigenvalue weighted by molar-refractivity contribution is 7.89. The summed E-state index contributed by atoms with van der Waals surface area (Å²) < 4.78 is 33.4. The van der Waals surface area contributed by atoms with Gasteiger partial charge in [-0.3, -0.25) is 4.68 Å². The summed E-state index contributed by atoms with van der Waals surface area (Å²) in [6.07, 6.45) is 5.22. The molecule has 1 aromatic heterocycles. The Labute approximate surface area is 119 Å². The van der Waals surface area contributed by atoms with E-state index in [-0.39, 0.29) is 10.9 Å². The van der Waals surface area contributed by atoms with E-state index in [1.165, 1.54) is 10.5 Å². The third-order valence-corrected chi connectivity index (χ3v) is 5.45. The van der Waals surface area contributed by atoms with Crippen molar-refractivity contribution in [3.05, 3.63) is 12.4 Å². The average molecular weight is 302 g/mol. The van der Waals surface area contributed by atoms with E-state index in [1.807, 2.05) is 0 Å². The van der Waals surface area contributed by atoms with E-state index in [4.69, 9.17) is 10.5 Å². The second-order valence-electron chi connectivity index (χ2n) is 4.95. The van der Waals surface area contributed by atoms with Gasteiger partial charge in [-0.15, -0.1) is 0 Å². The Kier molecular flexibility index (Phi) is 5.14. The monoisotopic (exact) mass is 302 g/mol. The van der Waals surface area contributed by atoms with E-state index in [2.05, 4.69) is 5.10 Å². The minimum atomic E-state index is -3.48. The highest BCUT2D eigenvalue weighted by Crippen LogP contribution is 2.21. The van der Waals surface area contributed by atoms with Gasteiger partial charge < -0.3 is 10.5 Å². The lowest BCUT2D eigenvalue weighted by Crippen LogP contribution is -2.40. The lowest BCUT2D eigenvalue weighted by Gasteiger charge is -2.29. The van der Waals surface area contributed by atoms with Crippen molar-refractivity contribution in [2.24, 2.45) is 5.73 Å². The van der Waals surface area contributed by atoms with Crippen LogP contribution in [0.2, 0.25) is 0 Å². The van der Waals surface area contributed by atoms with E-state index in [0.717, 1.165) is 19.3 Å². The van der Waals surface area contributed by atoms with Crippen molar-refractivity contribution in [2.75, 3.05) is 26.8 Å². The SMILES string of the molecule is CN(C1CCOCC1)S(=O)(=O)c1cnn(CCCN)c1. The Morgan fingerprint density at radius 3 is 2.85 bits per heavy atom. The molecule has 8 heteroatoms. The summed E-state index contributed by atoms with van der Waals surface area (Å²) in [5, 5.41) is 4.08. The largest absolute Gasteiger partial charge is 0.381 e. The van der Waals surface area contributed by atoms with Crippen LogP contribution in [0.15, 0.2) is 17.3 Å². The Bertz CT molecular complexity index is 523. The minimum Gasteiger partial charge on any atom is -0.381 e. The molecule has 0 radical (unpaired) electrons. The fourth-order valence-electron chi connectivity index (χ4n) is 2.26. The molecule has 1 aliphatic rings. The molecule has 0 amide bonds. The first kappa shape index (κ1) is 15.4. The normalized spacial score (nSPS) is 17.8. The quantitative estimate of drug-likeness (QED) is 0.800. The van der Waals surface area contributed by atoms with Crippen molar-refractivity contribution < 1.29 is 13.2 Å². The average Bonchev–Trinajstić information content (AvgIpc) is 2.94. The number of hydrogen-bond donors (Lipinski definition) is 1. The third kappa shape index (κ3) is 3.38. The Balaban J connectivity index is 2.10. The maximum absolute atomic E-state index is 12.5. The molecule has 20 heavy (non-hydrogen) atoms. The van der Waals surface area contributed by atoms with Crippen molar-refractivity contribution in [1.29, 1.82) is 0 Å². The zero-order chi connectivity index (χ0) is 14.6. The van der Waals surface area contributed by atoms with Gasteiger partial charge in [-0.25, -0.2) is 8.42 Å². The van der Waals surface area contributed by atoms with Gasteiger partial charge in [-0.1, -0.05) is 0 Å². The molecule has 114 valence electrons. The van der Waals surface area contributed by atoms with Gasteiger partial charge in [-0.05, 0) is 25.8 Å². The molecular weight excluding hydrogens is 280 g/mol. The summed E-state index contributed by atoms with van der Waals surface area (Å²) in [6.45, 7) is 2.41. The first-order valence-corrected chi connectivity index (χ1v) is 8.28. The number of rotatable bonds is 6. The van der Waals surface area contributed by atoms with E-state index < -0.39 is 10.0 Å². The minimum absolute atomic E-state index is 0.00106. The molecule has 7 nitrogen and oxygen atoms in total. The van der Waals surface area contributed by atoms with E-state index >= 15 is 0 Å². The smallest absolute Gasteiger partial charge is 0.246 e. The molecule has 1 saturated heterocycles. The number of nitrogens with two attached hydrogens (primary N) is 1. The van der Waals surface area contributed by atoms with Crippen LogP contribution in [0.5, 0.6) is 0 Å². The number of ether oxygens (including phenoxy) is 1. The highest BCUT2D eigenvalue weighted by Gasteiger charge is 2.30. The molecule has 0 bridgehead atoms. The number of sulfonamides is 1. The van der Waals surface area contributed by atoms with Crippen molar-refractivity contribution in [2.45, 2.75) is 36.7 Å². The molecule has 0 unspecified atom stereocenters. The first-order chi connectivity index (χ1) is 9.55. The first-order valence-electron chi connectivity index (χ1n) is 6.84. The lowest BCUT2D eigenvalue weighted by molar-refractivity contribution is 0.0632. The third-order valence-electron chi connectivity index (χ3n) is 3.58. The number of aromatic nitrogens is 2. The van der Waals surface area contributed by atoms with Crippen LogP contribution < -0.4 is 5.73 Å². The molecule has 0 aromatic carbocycles. The molecule has 1 aromatic rings. The van der Waals surface area contributed by atoms with Crippen LogP contribution in [0, 0.1) is 0 Å². The molecule has 0 spiro atoms. The summed E-state index contributed by atoms with van der Waals surface area (Å²) in [6, 6.07) is 0.00106. The van der Waals surface area contributed by atoms with E-state index in [1.54, 1.807) is 17.9 Å². The van der Waals surface area contributed by atoms with Gasteiger partial charge in [0.15, 0.2) is 0 Å². The molecule has 0 aliphatic carbocycles. The van der Waals surface area contributed by atoms with Gasteiger partial charge in [-0.2, -0.15) is 9.40 Å². The topological polar surface area (TPSA) is 90.5 Å². The van der Waals surface area contributed by atoms with Gasteiger partial charge >= 0.3 is 0 Å². The molecule has 2 heterocycles. The van der Waals surface area contributed by atoms with Gasteiger partial charge in [0, 0.05) is 39.0 Å². The van der Waals surface area contributed by atoms with Crippen LogP contribution in [-0.4, -0.2) is 55.4 Å². The fraction of sp³-hybridized carbons (Fsp3) is 0.750. The molecule has 2 rings (SSSR count). The van der Waals surface area contributed by atoms with Gasteiger partial charge in [0.2, 0.25) is 10.0 Å². The lowest BCUT2D eigenvalue weighted by atomic mass is 10.1. The summed E-state index contributed by atoms with van der Waals surface area (Å²) >= 11 is 0. The van der Waals surface area contributed by atoms with E-state index in [9.17, 15) is 8.42 Å². The second-order valence-corrected chi connectivity index (χ2v) is 6.94. The van der Waals surface area contributed by atoms with Crippen molar-refractivity contribution in [1.82, 2.24) is 14.1 Å². The Morgan fingerprint density at radius 1 is 1.50 bits per heavy atom. The molecule has 1 aliphatic heterocycles. The Hall–Kier alpha value is -0.960. The van der Waals surface area contributed by atoms with Crippen LogP contribution >= 0.6 is 0 Å². The van der Waals surface area contributed by atoms with Crippen LogP contribution in [0.4, 0.5) is 0 Å². The highest BCUT2D eigenvalue weighted by atomic mass is 32.2. The van der Waals surface area contributed by atoms with E-state index in [0.29, 0.717) is 26.3 Å². The summed E-state index contributed by atoms with van der Waals surface area (Å²) in [7, 11) is -1.85. The summed E-state index contributed by atoms with van der Waals surface area (Å²) in [4.78, 5) is 0.239. The van der Waals surface area contributed by atoms with Crippen molar-refractivity contribution in [3.63, 3.8) is 0 Å². The van der Waals surface area contributed by atoms with Crippen molar-refractivity contribution >= 4 is 10.0 Å². The fourth-order valence-corrected chi connectivity index (χ4v) is 3.64. The molecule has 1 fully saturated rings. The van der Waals surface area contributed by atoms with Gasteiger partial charge in [0.25, 0.3) is 0 Å². The van der Waals surface area contributed by atoms with Crippen LogP contribution in [0.1, 0.15) is 19.3 Å². The predicted molar refractivity (Wildman–Crippen MR) is 74.7 cm³/mol. The molecular formula is C12H22N4O3S. The predicted octanol–water partition coefficient (Wildman–Crippen LogP) is 0.0314. The Morgan fingerprint density at radius 2 is 2.20 bits per heavy atom.